The fourth-order valence-electron chi connectivity index (χ4n) is 3.29. The van der Waals surface area contributed by atoms with Crippen molar-refractivity contribution >= 4 is 28.9 Å². The molecule has 0 spiro atoms. The summed E-state index contributed by atoms with van der Waals surface area (Å²) in [4.78, 5) is 14.6. The summed E-state index contributed by atoms with van der Waals surface area (Å²) >= 11 is 3.18. The predicted octanol–water partition coefficient (Wildman–Crippen LogP) is 4.17. The minimum absolute atomic E-state index is 0.328. The number of hydrogen-bond acceptors (Lipinski definition) is 7. The molecule has 0 unspecified atom stereocenters. The average molecular weight is 387 g/mol. The van der Waals surface area contributed by atoms with Gasteiger partial charge < -0.3 is 5.32 Å². The zero-order chi connectivity index (χ0) is 18.1. The Kier molecular flexibility index (Phi) is 4.71. The van der Waals surface area contributed by atoms with Crippen LogP contribution >= 0.6 is 23.1 Å². The molecule has 0 fully saturated rings. The van der Waals surface area contributed by atoms with Crippen LogP contribution in [0.15, 0.2) is 22.9 Å². The molecule has 0 bridgehead atoms. The van der Waals surface area contributed by atoms with Crippen molar-refractivity contribution in [1.29, 1.82) is 0 Å². The van der Waals surface area contributed by atoms with E-state index in [9.17, 15) is 0 Å². The Labute approximate surface area is 161 Å². The van der Waals surface area contributed by atoms with E-state index in [4.69, 9.17) is 4.98 Å². The maximum Gasteiger partial charge on any atom is 0.189 e. The van der Waals surface area contributed by atoms with Gasteiger partial charge in [0.1, 0.15) is 11.5 Å². The molecule has 3 aromatic rings. The van der Waals surface area contributed by atoms with Gasteiger partial charge in [-0.2, -0.15) is 5.10 Å². The fraction of sp³-hybridized carbons (Fsp3) is 0.444. The molecule has 0 aromatic carbocycles. The van der Waals surface area contributed by atoms with E-state index in [1.54, 1.807) is 23.1 Å². The molecule has 1 aliphatic rings. The van der Waals surface area contributed by atoms with E-state index in [1.165, 1.54) is 22.6 Å². The zero-order valence-electron chi connectivity index (χ0n) is 15.2. The Morgan fingerprint density at radius 2 is 2.23 bits per heavy atom. The van der Waals surface area contributed by atoms with Crippen LogP contribution in [0, 0.1) is 5.41 Å². The fourth-order valence-corrected chi connectivity index (χ4v) is 4.21. The molecule has 0 aliphatic heterocycles. The van der Waals surface area contributed by atoms with Gasteiger partial charge in [0, 0.05) is 28.4 Å². The van der Waals surface area contributed by atoms with Crippen LogP contribution in [0.4, 0.5) is 5.82 Å². The van der Waals surface area contributed by atoms with Gasteiger partial charge in [0.05, 0.1) is 17.7 Å². The number of aromatic amines is 1. The molecule has 1 aliphatic carbocycles. The largest absolute Gasteiger partial charge is 0.365 e. The van der Waals surface area contributed by atoms with Crippen LogP contribution in [-0.2, 0) is 19.4 Å². The van der Waals surface area contributed by atoms with Crippen molar-refractivity contribution in [3.63, 3.8) is 0 Å². The molecular weight excluding hydrogens is 364 g/mol. The Morgan fingerprint density at radius 3 is 3.00 bits per heavy atom. The van der Waals surface area contributed by atoms with E-state index >= 15 is 0 Å². The van der Waals surface area contributed by atoms with Gasteiger partial charge in [-0.25, -0.2) is 9.97 Å². The van der Waals surface area contributed by atoms with Crippen molar-refractivity contribution < 1.29 is 0 Å². The quantitative estimate of drug-likeness (QED) is 0.506. The summed E-state index contributed by atoms with van der Waals surface area (Å²) < 4.78 is 0. The van der Waals surface area contributed by atoms with Gasteiger partial charge in [-0.05, 0) is 30.9 Å². The number of thiazole rings is 1. The number of H-pyrrole nitrogens is 1. The predicted molar refractivity (Wildman–Crippen MR) is 107 cm³/mol. The van der Waals surface area contributed by atoms with Crippen LogP contribution in [0.1, 0.15) is 36.4 Å². The molecule has 4 rings (SSSR count). The first-order valence-electron chi connectivity index (χ1n) is 8.65. The van der Waals surface area contributed by atoms with E-state index in [1.807, 2.05) is 24.0 Å². The normalized spacial score (nSPS) is 15.7. The minimum atomic E-state index is 0.328. The van der Waals surface area contributed by atoms with Gasteiger partial charge in [-0.3, -0.25) is 10.1 Å². The van der Waals surface area contributed by atoms with Crippen molar-refractivity contribution in [2.24, 2.45) is 5.41 Å². The van der Waals surface area contributed by atoms with Crippen LogP contribution in [0.2, 0.25) is 0 Å². The molecule has 0 saturated carbocycles. The van der Waals surface area contributed by atoms with Gasteiger partial charge in [0.25, 0.3) is 0 Å². The third-order valence-electron chi connectivity index (χ3n) is 4.72. The highest BCUT2D eigenvalue weighted by molar-refractivity contribution is 7.98. The number of nitrogens with one attached hydrogen (secondary N) is 2. The second-order valence-electron chi connectivity index (χ2n) is 7.32. The lowest BCUT2D eigenvalue weighted by atomic mass is 9.76. The maximum absolute atomic E-state index is 4.70. The van der Waals surface area contributed by atoms with Crippen molar-refractivity contribution in [2.75, 3.05) is 11.6 Å². The molecule has 136 valence electrons. The smallest absolute Gasteiger partial charge is 0.189 e. The Balaban J connectivity index is 1.64. The maximum atomic E-state index is 4.70. The molecule has 0 radical (unpaired) electrons. The molecule has 2 N–H and O–H groups in total. The van der Waals surface area contributed by atoms with Crippen molar-refractivity contribution in [2.45, 2.75) is 44.8 Å². The average Bonchev–Trinajstić information content (AvgIpc) is 3.28. The summed E-state index contributed by atoms with van der Waals surface area (Å²) in [5.74, 6) is 0.820. The lowest BCUT2D eigenvalue weighted by Crippen LogP contribution is -2.22. The van der Waals surface area contributed by atoms with Gasteiger partial charge in [-0.15, -0.1) is 11.3 Å². The summed E-state index contributed by atoms with van der Waals surface area (Å²) in [5.41, 5.74) is 6.58. The standard InChI is InChI=1S/C18H22N6S2/c1-18(2)5-4-12-14(7-18)23-24-16(12)13-6-15(22-17(21-13)25-3)20-9-11-8-19-10-26-11/h6,8,10H,4-5,7,9H2,1-3H3,(H,23,24)(H,20,21,22). The minimum Gasteiger partial charge on any atom is -0.365 e. The van der Waals surface area contributed by atoms with Crippen molar-refractivity contribution in [3.05, 3.63) is 33.9 Å². The Morgan fingerprint density at radius 1 is 1.35 bits per heavy atom. The van der Waals surface area contributed by atoms with E-state index in [-0.39, 0.29) is 0 Å². The molecular formula is C18H22N6S2. The highest BCUT2D eigenvalue weighted by Gasteiger charge is 2.29. The summed E-state index contributed by atoms with van der Waals surface area (Å²) in [6, 6.07) is 2.00. The number of anilines is 1. The zero-order valence-corrected chi connectivity index (χ0v) is 16.8. The summed E-state index contributed by atoms with van der Waals surface area (Å²) in [6.07, 6.45) is 7.11. The van der Waals surface area contributed by atoms with Crippen LogP contribution in [0.3, 0.4) is 0 Å². The van der Waals surface area contributed by atoms with Gasteiger partial charge in [-0.1, -0.05) is 25.6 Å². The molecule has 0 atom stereocenters. The first-order valence-corrected chi connectivity index (χ1v) is 10.8. The number of aromatic nitrogens is 5. The summed E-state index contributed by atoms with van der Waals surface area (Å²) in [6.45, 7) is 5.34. The SMILES string of the molecule is CSc1nc(NCc2cncs2)cc(-c2n[nH]c3c2CCC(C)(C)C3)n1. The van der Waals surface area contributed by atoms with E-state index in [0.717, 1.165) is 35.2 Å². The number of hydrogen-bond donors (Lipinski definition) is 2. The molecule has 3 heterocycles. The van der Waals surface area contributed by atoms with Crippen molar-refractivity contribution in [1.82, 2.24) is 25.1 Å². The molecule has 3 aromatic heterocycles. The molecule has 6 nitrogen and oxygen atoms in total. The summed E-state index contributed by atoms with van der Waals surface area (Å²) in [5, 5.41) is 12.0. The molecule has 0 saturated heterocycles. The number of rotatable bonds is 5. The third kappa shape index (κ3) is 3.61. The molecule has 26 heavy (non-hydrogen) atoms. The first kappa shape index (κ1) is 17.5. The van der Waals surface area contributed by atoms with E-state index in [0.29, 0.717) is 12.0 Å². The molecule has 0 amide bonds. The van der Waals surface area contributed by atoms with Gasteiger partial charge in [0.15, 0.2) is 5.16 Å². The first-order chi connectivity index (χ1) is 12.5. The Hall–Kier alpha value is -1.93. The van der Waals surface area contributed by atoms with Gasteiger partial charge in [0.2, 0.25) is 0 Å². The number of fused-ring (bicyclic) bond motifs is 1. The highest BCUT2D eigenvalue weighted by atomic mass is 32.2. The second kappa shape index (κ2) is 7.00. The third-order valence-corrected chi connectivity index (χ3v) is 6.05. The second-order valence-corrected chi connectivity index (χ2v) is 9.06. The van der Waals surface area contributed by atoms with Crippen LogP contribution < -0.4 is 5.32 Å². The van der Waals surface area contributed by atoms with Crippen molar-refractivity contribution in [3.8, 4) is 11.4 Å². The number of thioether (sulfide) groups is 1. The lowest BCUT2D eigenvalue weighted by Gasteiger charge is -2.29. The van der Waals surface area contributed by atoms with E-state index < -0.39 is 0 Å². The monoisotopic (exact) mass is 386 g/mol. The Bertz CT molecular complexity index is 901. The highest BCUT2D eigenvalue weighted by Crippen LogP contribution is 2.37. The topological polar surface area (TPSA) is 79.4 Å². The number of nitrogens with zero attached hydrogens (tertiary/aromatic N) is 4. The van der Waals surface area contributed by atoms with Gasteiger partial charge >= 0.3 is 0 Å². The van der Waals surface area contributed by atoms with Crippen LogP contribution in [0.25, 0.3) is 11.4 Å². The summed E-state index contributed by atoms with van der Waals surface area (Å²) in [7, 11) is 0. The van der Waals surface area contributed by atoms with Crippen LogP contribution in [0.5, 0.6) is 0 Å². The van der Waals surface area contributed by atoms with E-state index in [2.05, 4.69) is 39.3 Å². The van der Waals surface area contributed by atoms with Crippen LogP contribution in [-0.4, -0.2) is 31.4 Å². The lowest BCUT2D eigenvalue weighted by molar-refractivity contribution is 0.312. The molecule has 8 heteroatoms.